The van der Waals surface area contributed by atoms with Gasteiger partial charge in [-0.3, -0.25) is 4.79 Å². The Kier molecular flexibility index (Phi) is 8.22. The van der Waals surface area contributed by atoms with E-state index in [-0.39, 0.29) is 60.5 Å². The molecule has 7 nitrogen and oxygen atoms in total. The van der Waals surface area contributed by atoms with Crippen molar-refractivity contribution < 1.29 is 34.4 Å². The van der Waals surface area contributed by atoms with Gasteiger partial charge in [-0.1, -0.05) is 13.8 Å². The molecule has 44 heavy (non-hydrogen) atoms. The molecule has 6 unspecified atom stereocenters. The zero-order chi connectivity index (χ0) is 31.0. The van der Waals surface area contributed by atoms with E-state index in [0.29, 0.717) is 41.9 Å². The van der Waals surface area contributed by atoms with Gasteiger partial charge in [-0.25, -0.2) is 4.79 Å². The quantitative estimate of drug-likeness (QED) is 0.302. The smallest absolute Gasteiger partial charge is 0.344 e. The molecule has 7 heteroatoms. The van der Waals surface area contributed by atoms with Gasteiger partial charge in [0.05, 0.1) is 12.2 Å². The summed E-state index contributed by atoms with van der Waals surface area (Å²) in [6.07, 6.45) is 14.0. The molecule has 0 aromatic heterocycles. The highest BCUT2D eigenvalue weighted by molar-refractivity contribution is 5.76. The fourth-order valence-corrected chi connectivity index (χ4v) is 13.5. The van der Waals surface area contributed by atoms with Gasteiger partial charge < -0.3 is 24.8 Å². The summed E-state index contributed by atoms with van der Waals surface area (Å²) in [7, 11) is 0. The second-order valence-electron chi connectivity index (χ2n) is 17.6. The molecule has 0 aromatic carbocycles. The molecule has 0 heterocycles. The van der Waals surface area contributed by atoms with E-state index in [9.17, 15) is 24.9 Å². The third kappa shape index (κ3) is 5.09. The first-order valence-corrected chi connectivity index (χ1v) is 18.3. The van der Waals surface area contributed by atoms with Crippen molar-refractivity contribution in [2.75, 3.05) is 13.2 Å². The first-order chi connectivity index (χ1) is 20.9. The number of aliphatic hydroxyl groups is 3. The molecule has 8 saturated carbocycles. The van der Waals surface area contributed by atoms with Crippen LogP contribution in [0.5, 0.6) is 0 Å². The zero-order valence-electron chi connectivity index (χ0n) is 27.4. The Morgan fingerprint density at radius 1 is 0.773 bits per heavy atom. The van der Waals surface area contributed by atoms with Gasteiger partial charge >= 0.3 is 11.9 Å². The Morgan fingerprint density at radius 3 is 2.11 bits per heavy atom. The SMILES string of the molecule is CC1(OC(=O)COC(=O)CCC(CO)C2CCC3C4C(CC[C@]23C)[C@@]2(C)CC[C@@H](O)CC2C[C@H]4O)C2CC3CC(C2)CC1C3. The molecule has 0 spiro atoms. The van der Waals surface area contributed by atoms with Crippen molar-refractivity contribution in [3.05, 3.63) is 0 Å². The molecular weight excluding hydrogens is 556 g/mol. The standard InChI is InChI=1S/C37H58O7/c1-35-10-8-27(39)17-24(35)18-31(40)34-29-6-5-28(36(29,2)11-9-30(34)35)23(19-38)4-7-32(41)43-20-33(42)44-37(3)25-13-21-12-22(15-25)16-26(37)14-21/h21-31,34,38-40H,4-20H2,1-3H3/t21?,22?,23?,24?,25?,26?,27-,28?,29?,30?,31-,34?,35+,36-,37?/m1/s1. The minimum Gasteiger partial charge on any atom is -0.456 e. The number of carbonyl (C=O) groups excluding carboxylic acids is 2. The van der Waals surface area contributed by atoms with Crippen LogP contribution in [0.4, 0.5) is 0 Å². The van der Waals surface area contributed by atoms with Gasteiger partial charge in [0, 0.05) is 13.0 Å². The van der Waals surface area contributed by atoms with Crippen LogP contribution in [0, 0.1) is 70.0 Å². The number of ether oxygens (including phenoxy) is 2. The molecule has 0 saturated heterocycles. The van der Waals surface area contributed by atoms with Crippen LogP contribution in [-0.4, -0.2) is 58.3 Å². The van der Waals surface area contributed by atoms with Crippen LogP contribution in [-0.2, 0) is 19.1 Å². The van der Waals surface area contributed by atoms with Crippen molar-refractivity contribution >= 4 is 11.9 Å². The van der Waals surface area contributed by atoms with Crippen molar-refractivity contribution in [1.82, 2.24) is 0 Å². The molecule has 0 amide bonds. The molecule has 8 aliphatic carbocycles. The highest BCUT2D eigenvalue weighted by atomic mass is 16.6. The van der Waals surface area contributed by atoms with E-state index < -0.39 is 11.6 Å². The van der Waals surface area contributed by atoms with Gasteiger partial charge in [-0.2, -0.15) is 0 Å². The van der Waals surface area contributed by atoms with Crippen LogP contribution in [0.2, 0.25) is 0 Å². The molecule has 8 aliphatic rings. The molecule has 0 radical (unpaired) electrons. The molecule has 10 atom stereocenters. The summed E-state index contributed by atoms with van der Waals surface area (Å²) in [5, 5.41) is 32.4. The van der Waals surface area contributed by atoms with E-state index >= 15 is 0 Å². The predicted octanol–water partition coefficient (Wildman–Crippen LogP) is 5.67. The number of esters is 2. The van der Waals surface area contributed by atoms with Crippen molar-refractivity contribution in [2.45, 2.75) is 135 Å². The van der Waals surface area contributed by atoms with Crippen molar-refractivity contribution in [3.8, 4) is 0 Å². The molecule has 0 aromatic rings. The predicted molar refractivity (Wildman–Crippen MR) is 165 cm³/mol. The molecule has 0 aliphatic heterocycles. The van der Waals surface area contributed by atoms with E-state index in [1.807, 2.05) is 0 Å². The Morgan fingerprint density at radius 2 is 1.43 bits per heavy atom. The van der Waals surface area contributed by atoms with Crippen LogP contribution in [0.15, 0.2) is 0 Å². The molecule has 8 rings (SSSR count). The first-order valence-electron chi connectivity index (χ1n) is 18.3. The minimum absolute atomic E-state index is 0.00177. The van der Waals surface area contributed by atoms with Crippen LogP contribution in [0.1, 0.15) is 117 Å². The number of fused-ring (bicyclic) bond motifs is 5. The van der Waals surface area contributed by atoms with E-state index in [2.05, 4.69) is 20.8 Å². The number of rotatable bonds is 8. The van der Waals surface area contributed by atoms with Gasteiger partial charge in [-0.05, 0) is 167 Å². The maximum absolute atomic E-state index is 12.8. The Balaban J connectivity index is 0.928. The van der Waals surface area contributed by atoms with Gasteiger partial charge in [0.15, 0.2) is 6.61 Å². The lowest BCUT2D eigenvalue weighted by molar-refractivity contribution is -0.207. The summed E-state index contributed by atoms with van der Waals surface area (Å²) in [6.45, 7) is 6.65. The molecule has 4 bridgehead atoms. The highest BCUT2D eigenvalue weighted by Crippen LogP contribution is 2.68. The lowest BCUT2D eigenvalue weighted by Crippen LogP contribution is -2.58. The Hall–Kier alpha value is -1.18. The lowest BCUT2D eigenvalue weighted by atomic mass is 9.43. The van der Waals surface area contributed by atoms with E-state index in [1.165, 1.54) is 6.42 Å². The average Bonchev–Trinajstić information content (AvgIpc) is 3.33. The van der Waals surface area contributed by atoms with Gasteiger partial charge in [0.25, 0.3) is 0 Å². The first kappa shape index (κ1) is 31.4. The largest absolute Gasteiger partial charge is 0.456 e. The van der Waals surface area contributed by atoms with Crippen LogP contribution >= 0.6 is 0 Å². The maximum atomic E-state index is 12.8. The van der Waals surface area contributed by atoms with Crippen molar-refractivity contribution in [2.24, 2.45) is 70.0 Å². The summed E-state index contributed by atoms with van der Waals surface area (Å²) in [6, 6.07) is 0. The number of aliphatic hydroxyl groups excluding tert-OH is 3. The second kappa shape index (κ2) is 11.5. The van der Waals surface area contributed by atoms with Gasteiger partial charge in [0.2, 0.25) is 0 Å². The number of hydrogen-bond acceptors (Lipinski definition) is 7. The topological polar surface area (TPSA) is 113 Å². The maximum Gasteiger partial charge on any atom is 0.344 e. The Bertz CT molecular complexity index is 1080. The minimum atomic E-state index is -0.426. The third-order valence-electron chi connectivity index (χ3n) is 15.7. The average molecular weight is 615 g/mol. The van der Waals surface area contributed by atoms with E-state index in [1.54, 1.807) is 0 Å². The van der Waals surface area contributed by atoms with Crippen LogP contribution < -0.4 is 0 Å². The van der Waals surface area contributed by atoms with Crippen LogP contribution in [0.3, 0.4) is 0 Å². The summed E-state index contributed by atoms with van der Waals surface area (Å²) in [4.78, 5) is 25.7. The Labute approximate surface area is 264 Å². The fourth-order valence-electron chi connectivity index (χ4n) is 13.5. The summed E-state index contributed by atoms with van der Waals surface area (Å²) < 4.78 is 11.5. The normalized spacial score (nSPS) is 51.2. The zero-order valence-corrected chi connectivity index (χ0v) is 27.4. The van der Waals surface area contributed by atoms with Gasteiger partial charge in [-0.15, -0.1) is 0 Å². The van der Waals surface area contributed by atoms with Crippen molar-refractivity contribution in [1.29, 1.82) is 0 Å². The molecule has 248 valence electrons. The fraction of sp³-hybridized carbons (Fsp3) is 0.946. The van der Waals surface area contributed by atoms with Gasteiger partial charge in [0.1, 0.15) is 5.60 Å². The highest BCUT2D eigenvalue weighted by Gasteiger charge is 2.63. The summed E-state index contributed by atoms with van der Waals surface area (Å²) in [5.41, 5.74) is -0.194. The number of hydrogen-bond donors (Lipinski definition) is 3. The molecule has 3 N–H and O–H groups in total. The van der Waals surface area contributed by atoms with E-state index in [0.717, 1.165) is 88.9 Å². The second-order valence-corrected chi connectivity index (χ2v) is 17.6. The van der Waals surface area contributed by atoms with Crippen LogP contribution in [0.25, 0.3) is 0 Å². The molecular formula is C37H58O7. The van der Waals surface area contributed by atoms with E-state index in [4.69, 9.17) is 9.47 Å². The monoisotopic (exact) mass is 614 g/mol. The lowest BCUT2D eigenvalue weighted by Gasteiger charge is -2.62. The third-order valence-corrected chi connectivity index (χ3v) is 15.7. The summed E-state index contributed by atoms with van der Waals surface area (Å²) >= 11 is 0. The van der Waals surface area contributed by atoms with Crippen molar-refractivity contribution in [3.63, 3.8) is 0 Å². The molecule has 8 fully saturated rings. The summed E-state index contributed by atoms with van der Waals surface area (Å²) in [5.74, 6) is 3.54. The number of carbonyl (C=O) groups is 2.